The number of hydrogen-bond acceptors (Lipinski definition) is 4. The van der Waals surface area contributed by atoms with Crippen LogP contribution in [0.4, 0.5) is 5.82 Å². The molecule has 2 aromatic rings. The van der Waals surface area contributed by atoms with Gasteiger partial charge in [0.15, 0.2) is 11.5 Å². The van der Waals surface area contributed by atoms with E-state index < -0.39 is 6.10 Å². The number of hydrogen-bond donors (Lipinski definition) is 1. The number of amides is 1. The van der Waals surface area contributed by atoms with Gasteiger partial charge >= 0.3 is 0 Å². The minimum absolute atomic E-state index is 0.202. The molecule has 1 aromatic carbocycles. The van der Waals surface area contributed by atoms with Crippen molar-refractivity contribution in [2.75, 3.05) is 11.9 Å². The summed E-state index contributed by atoms with van der Waals surface area (Å²) in [5.41, 5.74) is 2.23. The van der Waals surface area contributed by atoms with E-state index in [0.717, 1.165) is 36.3 Å². The number of benzene rings is 1. The lowest BCUT2D eigenvalue weighted by molar-refractivity contribution is -0.125. The number of rotatable bonds is 2. The topological polar surface area (TPSA) is 65.4 Å². The van der Waals surface area contributed by atoms with Crippen molar-refractivity contribution in [2.24, 2.45) is 7.05 Å². The van der Waals surface area contributed by atoms with Crippen molar-refractivity contribution >= 4 is 11.7 Å². The SMILES string of the molecule is Cn1nc2c(c1NC(=O)[C@H]1COc3ccccc3O1)CCC2. The fourth-order valence-electron chi connectivity index (χ4n) is 3.02. The summed E-state index contributed by atoms with van der Waals surface area (Å²) >= 11 is 0. The molecule has 4 rings (SSSR count). The van der Waals surface area contributed by atoms with Crippen LogP contribution in [-0.2, 0) is 24.7 Å². The van der Waals surface area contributed by atoms with E-state index in [1.165, 1.54) is 0 Å². The number of anilines is 1. The van der Waals surface area contributed by atoms with E-state index in [2.05, 4.69) is 10.4 Å². The van der Waals surface area contributed by atoms with Crippen LogP contribution >= 0.6 is 0 Å². The Balaban J connectivity index is 1.52. The molecule has 1 amide bonds. The van der Waals surface area contributed by atoms with Gasteiger partial charge in [-0.25, -0.2) is 0 Å². The molecule has 6 heteroatoms. The molecule has 0 bridgehead atoms. The minimum Gasteiger partial charge on any atom is -0.485 e. The standard InChI is InChI=1S/C16H17N3O3/c1-19-15(10-5-4-6-11(10)18-19)17-16(20)14-9-21-12-7-2-3-8-13(12)22-14/h2-3,7-8,14H,4-6,9H2,1H3,(H,17,20)/t14-/m1/s1. The predicted molar refractivity (Wildman–Crippen MR) is 80.2 cm³/mol. The van der Waals surface area contributed by atoms with Crippen LogP contribution in [0.1, 0.15) is 17.7 Å². The quantitative estimate of drug-likeness (QED) is 0.916. The van der Waals surface area contributed by atoms with Crippen LogP contribution in [0.3, 0.4) is 0 Å². The third-order valence-corrected chi connectivity index (χ3v) is 4.11. The van der Waals surface area contributed by atoms with E-state index in [1.54, 1.807) is 10.7 Å². The Hall–Kier alpha value is -2.50. The fourth-order valence-corrected chi connectivity index (χ4v) is 3.02. The van der Waals surface area contributed by atoms with Crippen molar-refractivity contribution in [3.63, 3.8) is 0 Å². The molecular weight excluding hydrogens is 282 g/mol. The van der Waals surface area contributed by atoms with Crippen molar-refractivity contribution in [1.29, 1.82) is 0 Å². The first-order valence-corrected chi connectivity index (χ1v) is 7.46. The largest absolute Gasteiger partial charge is 0.485 e. The van der Waals surface area contributed by atoms with Crippen molar-refractivity contribution in [2.45, 2.75) is 25.4 Å². The Bertz CT molecular complexity index is 738. The molecule has 114 valence electrons. The van der Waals surface area contributed by atoms with Crippen LogP contribution < -0.4 is 14.8 Å². The van der Waals surface area contributed by atoms with Crippen LogP contribution in [-0.4, -0.2) is 28.4 Å². The number of para-hydroxylation sites is 2. The summed E-state index contributed by atoms with van der Waals surface area (Å²) in [6.07, 6.45) is 2.39. The third-order valence-electron chi connectivity index (χ3n) is 4.11. The van der Waals surface area contributed by atoms with Crippen LogP contribution in [0, 0.1) is 0 Å². The predicted octanol–water partition coefficient (Wildman–Crippen LogP) is 1.69. The summed E-state index contributed by atoms with van der Waals surface area (Å²) in [4.78, 5) is 12.5. The Morgan fingerprint density at radius 1 is 1.32 bits per heavy atom. The number of nitrogens with one attached hydrogen (secondary N) is 1. The third kappa shape index (κ3) is 2.11. The Kier molecular flexibility index (Phi) is 3.03. The van der Waals surface area contributed by atoms with Crippen molar-refractivity contribution in [3.05, 3.63) is 35.5 Å². The second-order valence-corrected chi connectivity index (χ2v) is 5.60. The van der Waals surface area contributed by atoms with Gasteiger partial charge in [-0.15, -0.1) is 0 Å². The molecule has 1 atom stereocenters. The zero-order chi connectivity index (χ0) is 15.1. The van der Waals surface area contributed by atoms with E-state index in [4.69, 9.17) is 9.47 Å². The summed E-state index contributed by atoms with van der Waals surface area (Å²) in [5, 5.41) is 7.40. The molecular formula is C16H17N3O3. The number of fused-ring (bicyclic) bond motifs is 2. The van der Waals surface area contributed by atoms with Gasteiger partial charge in [0.1, 0.15) is 12.4 Å². The van der Waals surface area contributed by atoms with Crippen LogP contribution in [0.15, 0.2) is 24.3 Å². The average molecular weight is 299 g/mol. The van der Waals surface area contributed by atoms with Gasteiger partial charge in [-0.05, 0) is 31.4 Å². The molecule has 0 unspecified atom stereocenters. The summed E-state index contributed by atoms with van der Waals surface area (Å²) in [7, 11) is 1.85. The highest BCUT2D eigenvalue weighted by Gasteiger charge is 2.29. The first kappa shape index (κ1) is 13.2. The highest BCUT2D eigenvalue weighted by atomic mass is 16.6. The highest BCUT2D eigenvalue weighted by molar-refractivity contribution is 5.94. The average Bonchev–Trinajstić information content (AvgIpc) is 3.09. The minimum atomic E-state index is -0.651. The van der Waals surface area contributed by atoms with E-state index in [9.17, 15) is 4.79 Å². The summed E-state index contributed by atoms with van der Waals surface area (Å²) in [6, 6.07) is 7.37. The number of nitrogens with zero attached hydrogens (tertiary/aromatic N) is 2. The maximum absolute atomic E-state index is 12.5. The zero-order valence-electron chi connectivity index (χ0n) is 12.3. The van der Waals surface area contributed by atoms with Gasteiger partial charge in [0.25, 0.3) is 5.91 Å². The maximum atomic E-state index is 12.5. The molecule has 1 N–H and O–H groups in total. The van der Waals surface area contributed by atoms with Crippen molar-refractivity contribution in [1.82, 2.24) is 9.78 Å². The smallest absolute Gasteiger partial charge is 0.270 e. The van der Waals surface area contributed by atoms with Gasteiger partial charge in [0.05, 0.1) is 5.69 Å². The molecule has 0 spiro atoms. The number of aryl methyl sites for hydroxylation is 2. The second-order valence-electron chi connectivity index (χ2n) is 5.60. The van der Waals surface area contributed by atoms with E-state index >= 15 is 0 Å². The lowest BCUT2D eigenvalue weighted by atomic mass is 10.2. The lowest BCUT2D eigenvalue weighted by Gasteiger charge is -2.25. The van der Waals surface area contributed by atoms with Crippen molar-refractivity contribution in [3.8, 4) is 11.5 Å². The van der Waals surface area contributed by atoms with Crippen LogP contribution in [0.25, 0.3) is 0 Å². The number of ether oxygens (including phenoxy) is 2. The number of aromatic nitrogens is 2. The van der Waals surface area contributed by atoms with Gasteiger partial charge in [-0.3, -0.25) is 9.48 Å². The lowest BCUT2D eigenvalue weighted by Crippen LogP contribution is -2.40. The Labute approximate surface area is 128 Å². The molecule has 0 radical (unpaired) electrons. The summed E-state index contributed by atoms with van der Waals surface area (Å²) < 4.78 is 13.1. The molecule has 2 heterocycles. The van der Waals surface area contributed by atoms with Gasteiger partial charge in [-0.1, -0.05) is 12.1 Å². The number of carbonyl (C=O) groups excluding carboxylic acids is 1. The molecule has 1 aliphatic carbocycles. The molecule has 0 saturated heterocycles. The molecule has 0 saturated carbocycles. The van der Waals surface area contributed by atoms with E-state index in [0.29, 0.717) is 11.5 Å². The van der Waals surface area contributed by atoms with E-state index in [-0.39, 0.29) is 12.5 Å². The van der Waals surface area contributed by atoms with E-state index in [1.807, 2.05) is 25.2 Å². The molecule has 1 aliphatic heterocycles. The summed E-state index contributed by atoms with van der Waals surface area (Å²) in [6.45, 7) is 0.211. The van der Waals surface area contributed by atoms with Gasteiger partial charge in [0, 0.05) is 12.6 Å². The van der Waals surface area contributed by atoms with Crippen LogP contribution in [0.5, 0.6) is 11.5 Å². The van der Waals surface area contributed by atoms with Gasteiger partial charge in [0.2, 0.25) is 6.10 Å². The molecule has 2 aliphatic rings. The monoisotopic (exact) mass is 299 g/mol. The highest BCUT2D eigenvalue weighted by Crippen LogP contribution is 2.32. The van der Waals surface area contributed by atoms with Gasteiger partial charge < -0.3 is 14.8 Å². The number of carbonyl (C=O) groups is 1. The second kappa shape index (κ2) is 5.05. The summed E-state index contributed by atoms with van der Waals surface area (Å²) in [5.74, 6) is 1.85. The van der Waals surface area contributed by atoms with Crippen molar-refractivity contribution < 1.29 is 14.3 Å². The molecule has 22 heavy (non-hydrogen) atoms. The van der Waals surface area contributed by atoms with Gasteiger partial charge in [-0.2, -0.15) is 5.10 Å². The molecule has 6 nitrogen and oxygen atoms in total. The normalized spacial score (nSPS) is 18.9. The first-order chi connectivity index (χ1) is 10.7. The van der Waals surface area contributed by atoms with Crippen LogP contribution in [0.2, 0.25) is 0 Å². The Morgan fingerprint density at radius 3 is 3.00 bits per heavy atom. The molecule has 0 fully saturated rings. The maximum Gasteiger partial charge on any atom is 0.270 e. The Morgan fingerprint density at radius 2 is 2.14 bits per heavy atom. The zero-order valence-corrected chi connectivity index (χ0v) is 12.3. The first-order valence-electron chi connectivity index (χ1n) is 7.46. The molecule has 1 aromatic heterocycles. The fraction of sp³-hybridized carbons (Fsp3) is 0.375.